The van der Waals surface area contributed by atoms with Crippen LogP contribution in [0.2, 0.25) is 0 Å². The molecule has 1 saturated heterocycles. The first-order valence-corrected chi connectivity index (χ1v) is 5.18. The van der Waals surface area contributed by atoms with Crippen LogP contribution in [0.1, 0.15) is 26.7 Å². The molecule has 1 fully saturated rings. The van der Waals surface area contributed by atoms with E-state index in [9.17, 15) is 4.79 Å². The molecule has 0 radical (unpaired) electrons. The van der Waals surface area contributed by atoms with Gasteiger partial charge in [0.2, 0.25) is 5.91 Å². The van der Waals surface area contributed by atoms with Crippen LogP contribution < -0.4 is 11.1 Å². The zero-order chi connectivity index (χ0) is 10.8. The molecule has 82 valence electrons. The lowest BCUT2D eigenvalue weighted by Gasteiger charge is -2.32. The molecule has 0 spiro atoms. The Morgan fingerprint density at radius 2 is 2.21 bits per heavy atom. The molecule has 0 bridgehead atoms. The van der Waals surface area contributed by atoms with Crippen molar-refractivity contribution in [3.63, 3.8) is 0 Å². The van der Waals surface area contributed by atoms with Crippen LogP contribution in [-0.2, 0) is 4.79 Å². The second-order valence-electron chi connectivity index (χ2n) is 4.80. The predicted molar refractivity (Wildman–Crippen MR) is 56.9 cm³/mol. The minimum atomic E-state index is -0.768. The normalized spacial score (nSPS) is 24.7. The molecule has 14 heavy (non-hydrogen) atoms. The van der Waals surface area contributed by atoms with E-state index in [4.69, 9.17) is 5.73 Å². The molecular weight excluding hydrogens is 178 g/mol. The highest BCUT2D eigenvalue weighted by Crippen LogP contribution is 2.09. The molecule has 1 atom stereocenters. The topological polar surface area (TPSA) is 58.4 Å². The van der Waals surface area contributed by atoms with Gasteiger partial charge in [-0.3, -0.25) is 4.79 Å². The maximum absolute atomic E-state index is 11.6. The largest absolute Gasteiger partial charge is 0.351 e. The Balaban J connectivity index is 2.40. The van der Waals surface area contributed by atoms with Gasteiger partial charge in [0.25, 0.3) is 0 Å². The first-order valence-electron chi connectivity index (χ1n) is 5.18. The molecule has 0 saturated carbocycles. The van der Waals surface area contributed by atoms with Crippen LogP contribution in [0.3, 0.4) is 0 Å². The van der Waals surface area contributed by atoms with Crippen molar-refractivity contribution in [3.8, 4) is 0 Å². The predicted octanol–water partition coefficient (Wildman–Crippen LogP) is -0.0659. The number of nitrogens with two attached hydrogens (primary N) is 1. The highest BCUT2D eigenvalue weighted by molar-refractivity contribution is 5.85. The molecule has 1 aliphatic rings. The molecule has 4 heteroatoms. The first kappa shape index (κ1) is 11.5. The summed E-state index contributed by atoms with van der Waals surface area (Å²) in [6.07, 6.45) is 2.21. The van der Waals surface area contributed by atoms with Crippen molar-refractivity contribution in [2.45, 2.75) is 38.3 Å². The number of hydrogen-bond acceptors (Lipinski definition) is 3. The van der Waals surface area contributed by atoms with Gasteiger partial charge in [0.15, 0.2) is 0 Å². The van der Waals surface area contributed by atoms with Crippen LogP contribution in [0.5, 0.6) is 0 Å². The van der Waals surface area contributed by atoms with Gasteiger partial charge in [0.05, 0.1) is 5.54 Å². The second-order valence-corrected chi connectivity index (χ2v) is 4.80. The summed E-state index contributed by atoms with van der Waals surface area (Å²) >= 11 is 0. The molecule has 4 nitrogen and oxygen atoms in total. The van der Waals surface area contributed by atoms with E-state index in [0.29, 0.717) is 0 Å². The molecule has 1 heterocycles. The van der Waals surface area contributed by atoms with E-state index >= 15 is 0 Å². The van der Waals surface area contributed by atoms with Crippen molar-refractivity contribution in [1.29, 1.82) is 0 Å². The van der Waals surface area contributed by atoms with Gasteiger partial charge in [-0.15, -0.1) is 0 Å². The monoisotopic (exact) mass is 199 g/mol. The standard InChI is InChI=1S/C10H21N3O/c1-10(2,11)9(14)12-8-5-4-6-13(3)7-8/h8H,4-7,11H2,1-3H3,(H,12,14). The summed E-state index contributed by atoms with van der Waals surface area (Å²) in [4.78, 5) is 13.8. The third-order valence-electron chi connectivity index (χ3n) is 2.54. The average molecular weight is 199 g/mol. The quantitative estimate of drug-likeness (QED) is 0.655. The molecule has 1 amide bonds. The summed E-state index contributed by atoms with van der Waals surface area (Å²) in [5.74, 6) is -0.0576. The minimum absolute atomic E-state index is 0.0576. The number of nitrogens with one attached hydrogen (secondary N) is 1. The maximum Gasteiger partial charge on any atom is 0.239 e. The van der Waals surface area contributed by atoms with E-state index < -0.39 is 5.54 Å². The summed E-state index contributed by atoms with van der Waals surface area (Å²) in [5, 5.41) is 2.98. The number of carbonyl (C=O) groups excluding carboxylic acids is 1. The summed E-state index contributed by atoms with van der Waals surface area (Å²) < 4.78 is 0. The van der Waals surface area contributed by atoms with Crippen molar-refractivity contribution < 1.29 is 4.79 Å². The Labute approximate surface area is 85.8 Å². The van der Waals surface area contributed by atoms with Gasteiger partial charge in [-0.25, -0.2) is 0 Å². The molecular formula is C10H21N3O. The van der Waals surface area contributed by atoms with Crippen molar-refractivity contribution in [2.24, 2.45) is 5.73 Å². The molecule has 1 aliphatic heterocycles. The van der Waals surface area contributed by atoms with Gasteiger partial charge in [-0.2, -0.15) is 0 Å². The number of nitrogens with zero attached hydrogens (tertiary/aromatic N) is 1. The van der Waals surface area contributed by atoms with Gasteiger partial charge in [0.1, 0.15) is 0 Å². The number of rotatable bonds is 2. The molecule has 1 rings (SSSR count). The van der Waals surface area contributed by atoms with Gasteiger partial charge >= 0.3 is 0 Å². The van der Waals surface area contributed by atoms with E-state index in [1.165, 1.54) is 0 Å². The van der Waals surface area contributed by atoms with E-state index in [-0.39, 0.29) is 11.9 Å². The number of likely N-dealkylation sites (tertiary alicyclic amines) is 1. The van der Waals surface area contributed by atoms with Crippen molar-refractivity contribution in [2.75, 3.05) is 20.1 Å². The first-order chi connectivity index (χ1) is 6.39. The summed E-state index contributed by atoms with van der Waals surface area (Å²) in [5.41, 5.74) is 4.94. The number of amides is 1. The number of likely N-dealkylation sites (N-methyl/N-ethyl adjacent to an activating group) is 1. The Morgan fingerprint density at radius 3 is 2.71 bits per heavy atom. The molecule has 1 unspecified atom stereocenters. The smallest absolute Gasteiger partial charge is 0.239 e. The SMILES string of the molecule is CN1CCCC(NC(=O)C(C)(C)N)C1. The minimum Gasteiger partial charge on any atom is -0.351 e. The highest BCUT2D eigenvalue weighted by atomic mass is 16.2. The van der Waals surface area contributed by atoms with Gasteiger partial charge in [0, 0.05) is 12.6 Å². The van der Waals surface area contributed by atoms with Crippen LogP contribution in [0, 0.1) is 0 Å². The number of carbonyl (C=O) groups is 1. The number of hydrogen-bond donors (Lipinski definition) is 2. The Bertz CT molecular complexity index is 210. The maximum atomic E-state index is 11.6. The Kier molecular flexibility index (Phi) is 3.50. The highest BCUT2D eigenvalue weighted by Gasteiger charge is 2.26. The number of piperidine rings is 1. The fourth-order valence-electron chi connectivity index (χ4n) is 1.66. The van der Waals surface area contributed by atoms with Crippen LogP contribution >= 0.6 is 0 Å². The molecule has 0 aromatic carbocycles. The second kappa shape index (κ2) is 4.28. The van der Waals surface area contributed by atoms with Gasteiger partial charge in [-0.05, 0) is 40.3 Å². The van der Waals surface area contributed by atoms with Crippen LogP contribution in [0.25, 0.3) is 0 Å². The Hall–Kier alpha value is -0.610. The lowest BCUT2D eigenvalue weighted by atomic mass is 10.0. The van der Waals surface area contributed by atoms with E-state index in [1.54, 1.807) is 13.8 Å². The average Bonchev–Trinajstić information content (AvgIpc) is 2.02. The van der Waals surface area contributed by atoms with Crippen molar-refractivity contribution in [3.05, 3.63) is 0 Å². The van der Waals surface area contributed by atoms with E-state index in [2.05, 4.69) is 17.3 Å². The van der Waals surface area contributed by atoms with Crippen LogP contribution in [-0.4, -0.2) is 42.5 Å². The molecule has 0 aromatic heterocycles. The lowest BCUT2D eigenvalue weighted by molar-refractivity contribution is -0.126. The lowest BCUT2D eigenvalue weighted by Crippen LogP contribution is -2.55. The van der Waals surface area contributed by atoms with Gasteiger partial charge in [-0.1, -0.05) is 0 Å². The summed E-state index contributed by atoms with van der Waals surface area (Å²) in [6, 6.07) is 0.268. The fraction of sp³-hybridized carbons (Fsp3) is 0.900. The van der Waals surface area contributed by atoms with Crippen molar-refractivity contribution >= 4 is 5.91 Å². The fourth-order valence-corrected chi connectivity index (χ4v) is 1.66. The van der Waals surface area contributed by atoms with Gasteiger partial charge < -0.3 is 16.0 Å². The summed E-state index contributed by atoms with van der Waals surface area (Å²) in [6.45, 7) is 5.52. The van der Waals surface area contributed by atoms with Crippen molar-refractivity contribution in [1.82, 2.24) is 10.2 Å². The zero-order valence-corrected chi connectivity index (χ0v) is 9.34. The Morgan fingerprint density at radius 1 is 1.57 bits per heavy atom. The van der Waals surface area contributed by atoms with Crippen LogP contribution in [0.15, 0.2) is 0 Å². The molecule has 0 aliphatic carbocycles. The third kappa shape index (κ3) is 3.27. The van der Waals surface area contributed by atoms with Crippen LogP contribution in [0.4, 0.5) is 0 Å². The van der Waals surface area contributed by atoms with E-state index in [1.807, 2.05) is 0 Å². The molecule has 3 N–H and O–H groups in total. The molecule has 0 aromatic rings. The van der Waals surface area contributed by atoms with E-state index in [0.717, 1.165) is 25.9 Å². The third-order valence-corrected chi connectivity index (χ3v) is 2.54. The summed E-state index contributed by atoms with van der Waals surface area (Å²) in [7, 11) is 2.08. The zero-order valence-electron chi connectivity index (χ0n) is 9.34.